The number of H-pyrrole nitrogens is 1. The number of carbonyl (C=O) groups excluding carboxylic acids is 1. The molecule has 4 rings (SSSR count). The Bertz CT molecular complexity index is 935. The van der Waals surface area contributed by atoms with E-state index in [-0.39, 0.29) is 12.1 Å². The van der Waals surface area contributed by atoms with Gasteiger partial charge in [-0.05, 0) is 42.3 Å². The molecule has 1 aliphatic rings. The Labute approximate surface area is 151 Å². The van der Waals surface area contributed by atoms with Gasteiger partial charge in [-0.1, -0.05) is 19.1 Å². The quantitative estimate of drug-likeness (QED) is 0.659. The maximum atomic E-state index is 12.5. The highest BCUT2D eigenvalue weighted by atomic mass is 16.6. The summed E-state index contributed by atoms with van der Waals surface area (Å²) in [6.07, 6.45) is 2.62. The van der Waals surface area contributed by atoms with E-state index < -0.39 is 0 Å². The maximum absolute atomic E-state index is 12.5. The Morgan fingerprint density at radius 1 is 1.15 bits per heavy atom. The van der Waals surface area contributed by atoms with Crippen LogP contribution in [0.2, 0.25) is 0 Å². The summed E-state index contributed by atoms with van der Waals surface area (Å²) in [5.74, 6) is 1.48. The van der Waals surface area contributed by atoms with E-state index >= 15 is 0 Å². The van der Waals surface area contributed by atoms with E-state index in [2.05, 4.69) is 15.6 Å². The molecule has 0 fully saturated rings. The van der Waals surface area contributed by atoms with Gasteiger partial charge in [0.05, 0.1) is 11.7 Å². The van der Waals surface area contributed by atoms with E-state index in [0.29, 0.717) is 13.2 Å². The molecule has 2 amide bonds. The molecule has 0 saturated heterocycles. The molecule has 3 N–H and O–H groups in total. The molecule has 6 nitrogen and oxygen atoms in total. The highest BCUT2D eigenvalue weighted by molar-refractivity contribution is 6.00. The Hall–Kier alpha value is -3.15. The van der Waals surface area contributed by atoms with Crippen molar-refractivity contribution < 1.29 is 14.3 Å². The minimum atomic E-state index is -0.236. The number of fused-ring (bicyclic) bond motifs is 2. The Morgan fingerprint density at radius 3 is 2.85 bits per heavy atom. The maximum Gasteiger partial charge on any atom is 0.319 e. The van der Waals surface area contributed by atoms with Gasteiger partial charge in [0.15, 0.2) is 11.5 Å². The third-order valence-electron chi connectivity index (χ3n) is 4.53. The second-order valence-corrected chi connectivity index (χ2v) is 6.21. The summed E-state index contributed by atoms with van der Waals surface area (Å²) in [5.41, 5.74) is 2.76. The van der Waals surface area contributed by atoms with Crippen molar-refractivity contribution in [3.05, 3.63) is 54.2 Å². The van der Waals surface area contributed by atoms with Gasteiger partial charge in [-0.3, -0.25) is 0 Å². The minimum absolute atomic E-state index is 0.115. The van der Waals surface area contributed by atoms with E-state index in [1.54, 1.807) is 0 Å². The summed E-state index contributed by atoms with van der Waals surface area (Å²) in [7, 11) is 0. The molecule has 2 aromatic carbocycles. The van der Waals surface area contributed by atoms with E-state index in [1.165, 1.54) is 0 Å². The normalized spacial score (nSPS) is 14.0. The Morgan fingerprint density at radius 2 is 2.00 bits per heavy atom. The number of urea groups is 1. The third kappa shape index (κ3) is 3.18. The van der Waals surface area contributed by atoms with Crippen LogP contribution in [0.1, 0.15) is 24.9 Å². The predicted molar refractivity (Wildman–Crippen MR) is 101 cm³/mol. The van der Waals surface area contributed by atoms with Crippen molar-refractivity contribution in [2.75, 3.05) is 18.5 Å². The number of ether oxygens (including phenoxy) is 2. The number of hydrogen-bond donors (Lipinski definition) is 3. The predicted octanol–water partition coefficient (Wildman–Crippen LogP) is 4.21. The summed E-state index contributed by atoms with van der Waals surface area (Å²) < 4.78 is 11.2. The largest absolute Gasteiger partial charge is 0.486 e. The van der Waals surface area contributed by atoms with Gasteiger partial charge in [0.1, 0.15) is 13.2 Å². The van der Waals surface area contributed by atoms with Crippen molar-refractivity contribution in [1.29, 1.82) is 0 Å². The molecule has 1 atom stereocenters. The first-order chi connectivity index (χ1) is 12.7. The lowest BCUT2D eigenvalue weighted by Crippen LogP contribution is -2.32. The fourth-order valence-electron chi connectivity index (χ4n) is 3.21. The first-order valence-electron chi connectivity index (χ1n) is 8.78. The smallest absolute Gasteiger partial charge is 0.319 e. The number of benzene rings is 2. The van der Waals surface area contributed by atoms with Crippen molar-refractivity contribution in [3.63, 3.8) is 0 Å². The molecule has 134 valence electrons. The van der Waals surface area contributed by atoms with E-state index in [4.69, 9.17) is 9.47 Å². The summed E-state index contributed by atoms with van der Waals surface area (Å²) in [6.45, 7) is 3.14. The van der Waals surface area contributed by atoms with Crippen LogP contribution in [-0.2, 0) is 0 Å². The van der Waals surface area contributed by atoms with Crippen molar-refractivity contribution in [2.45, 2.75) is 19.4 Å². The molecule has 1 aliphatic heterocycles. The lowest BCUT2D eigenvalue weighted by atomic mass is 10.0. The van der Waals surface area contributed by atoms with Crippen LogP contribution in [0.25, 0.3) is 10.9 Å². The van der Waals surface area contributed by atoms with Crippen molar-refractivity contribution in [1.82, 2.24) is 10.3 Å². The number of anilines is 1. The molecular weight excluding hydrogens is 330 g/mol. The van der Waals surface area contributed by atoms with Crippen LogP contribution in [0, 0.1) is 0 Å². The summed E-state index contributed by atoms with van der Waals surface area (Å²) >= 11 is 0. The van der Waals surface area contributed by atoms with Crippen molar-refractivity contribution in [2.24, 2.45) is 0 Å². The first kappa shape index (κ1) is 16.3. The molecule has 26 heavy (non-hydrogen) atoms. The van der Waals surface area contributed by atoms with Gasteiger partial charge in [-0.2, -0.15) is 0 Å². The first-order valence-corrected chi connectivity index (χ1v) is 8.78. The second-order valence-electron chi connectivity index (χ2n) is 6.21. The second kappa shape index (κ2) is 7.00. The number of nitrogens with one attached hydrogen (secondary N) is 3. The van der Waals surface area contributed by atoms with Crippen LogP contribution in [0.5, 0.6) is 11.5 Å². The third-order valence-corrected chi connectivity index (χ3v) is 4.53. The molecule has 0 radical (unpaired) electrons. The van der Waals surface area contributed by atoms with Gasteiger partial charge in [-0.15, -0.1) is 0 Å². The standard InChI is InChI=1S/C20H21N3O3/c1-2-15(13-6-7-18-19(12-13)26-11-10-25-18)22-20(24)23-17-5-3-4-16-14(17)8-9-21-16/h3-9,12,15,21H,2,10-11H2,1H3,(H2,22,23,24). The highest BCUT2D eigenvalue weighted by Gasteiger charge is 2.18. The van der Waals surface area contributed by atoms with Crippen LogP contribution >= 0.6 is 0 Å². The Kier molecular flexibility index (Phi) is 4.39. The highest BCUT2D eigenvalue weighted by Crippen LogP contribution is 2.33. The number of aromatic nitrogens is 1. The molecule has 1 unspecified atom stereocenters. The van der Waals surface area contributed by atoms with E-state index in [9.17, 15) is 4.79 Å². The molecule has 0 bridgehead atoms. The molecule has 3 aromatic rings. The summed E-state index contributed by atoms with van der Waals surface area (Å²) in [6, 6.07) is 13.2. The zero-order valence-corrected chi connectivity index (χ0v) is 14.5. The average Bonchev–Trinajstić information content (AvgIpc) is 3.15. The zero-order chi connectivity index (χ0) is 17.9. The van der Waals surface area contributed by atoms with Gasteiger partial charge in [0.25, 0.3) is 0 Å². The molecular formula is C20H21N3O3. The van der Waals surface area contributed by atoms with Gasteiger partial charge in [0, 0.05) is 17.1 Å². The average molecular weight is 351 g/mol. The van der Waals surface area contributed by atoms with Gasteiger partial charge in [0.2, 0.25) is 0 Å². The number of aromatic amines is 1. The Balaban J connectivity index is 1.49. The topological polar surface area (TPSA) is 75.4 Å². The van der Waals surface area contributed by atoms with Crippen LogP contribution in [0.3, 0.4) is 0 Å². The lowest BCUT2D eigenvalue weighted by molar-refractivity contribution is 0.171. The fraction of sp³-hybridized carbons (Fsp3) is 0.250. The molecule has 1 aromatic heterocycles. The van der Waals surface area contributed by atoms with E-state index in [1.807, 2.05) is 55.6 Å². The number of hydrogen-bond acceptors (Lipinski definition) is 3. The van der Waals surface area contributed by atoms with Crippen molar-refractivity contribution in [3.8, 4) is 11.5 Å². The molecule has 2 heterocycles. The molecule has 0 saturated carbocycles. The van der Waals surface area contributed by atoms with Gasteiger partial charge >= 0.3 is 6.03 Å². The fourth-order valence-corrected chi connectivity index (χ4v) is 3.21. The van der Waals surface area contributed by atoms with Crippen molar-refractivity contribution >= 4 is 22.6 Å². The number of rotatable bonds is 4. The van der Waals surface area contributed by atoms with Crippen LogP contribution < -0.4 is 20.1 Å². The van der Waals surface area contributed by atoms with Crippen LogP contribution in [0.4, 0.5) is 10.5 Å². The van der Waals surface area contributed by atoms with Gasteiger partial charge in [-0.25, -0.2) is 4.79 Å². The SMILES string of the molecule is CCC(NC(=O)Nc1cccc2[nH]ccc12)c1ccc2c(c1)OCCO2. The monoisotopic (exact) mass is 351 g/mol. The number of carbonyl (C=O) groups is 1. The molecule has 6 heteroatoms. The summed E-state index contributed by atoms with van der Waals surface area (Å²) in [4.78, 5) is 15.7. The number of amides is 2. The zero-order valence-electron chi connectivity index (χ0n) is 14.5. The molecule has 0 aliphatic carbocycles. The van der Waals surface area contributed by atoms with Crippen LogP contribution in [-0.4, -0.2) is 24.2 Å². The summed E-state index contributed by atoms with van der Waals surface area (Å²) in [5, 5.41) is 6.96. The van der Waals surface area contributed by atoms with Crippen LogP contribution in [0.15, 0.2) is 48.7 Å². The molecule has 0 spiro atoms. The van der Waals surface area contributed by atoms with Gasteiger partial charge < -0.3 is 25.1 Å². The minimum Gasteiger partial charge on any atom is -0.486 e. The van der Waals surface area contributed by atoms with E-state index in [0.717, 1.165) is 40.1 Å². The lowest BCUT2D eigenvalue weighted by Gasteiger charge is -2.22.